The quantitative estimate of drug-likeness (QED) is 0.728. The summed E-state index contributed by atoms with van der Waals surface area (Å²) in [6.45, 7) is 3.51. The summed E-state index contributed by atoms with van der Waals surface area (Å²) in [5, 5.41) is 0. The number of nitrogens with zero attached hydrogens (tertiary/aromatic N) is 4. The fourth-order valence-electron chi connectivity index (χ4n) is 3.14. The first kappa shape index (κ1) is 18.1. The summed E-state index contributed by atoms with van der Waals surface area (Å²) >= 11 is 0. The number of anilines is 1. The number of hydrogen-bond acceptors (Lipinski definition) is 7. The van der Waals surface area contributed by atoms with Gasteiger partial charge < -0.3 is 14.4 Å². The molecule has 1 fully saturated rings. The Hall–Kier alpha value is -2.23. The molecule has 0 radical (unpaired) electrons. The van der Waals surface area contributed by atoms with E-state index in [1.54, 1.807) is 18.3 Å². The number of para-hydroxylation sites is 1. The molecule has 8 nitrogen and oxygen atoms in total. The molecule has 0 saturated carbocycles. The smallest absolute Gasteiger partial charge is 0.225 e. The lowest BCUT2D eigenvalue weighted by atomic mass is 10.3. The van der Waals surface area contributed by atoms with Gasteiger partial charge in [0.1, 0.15) is 12.4 Å². The highest BCUT2D eigenvalue weighted by Crippen LogP contribution is 2.25. The molecule has 3 heterocycles. The lowest BCUT2D eigenvalue weighted by Gasteiger charge is -2.26. The number of morpholine rings is 1. The topological polar surface area (TPSA) is 84.9 Å². The molecule has 2 aromatic rings. The molecule has 0 unspecified atom stereocenters. The van der Waals surface area contributed by atoms with Crippen LogP contribution in [-0.2, 0) is 27.8 Å². The first-order valence-corrected chi connectivity index (χ1v) is 10.6. The maximum atomic E-state index is 12.6. The zero-order valence-corrected chi connectivity index (χ0v) is 15.8. The Morgan fingerprint density at radius 1 is 1.11 bits per heavy atom. The molecular formula is C18H22N4O4S. The van der Waals surface area contributed by atoms with Gasteiger partial charge in [0, 0.05) is 31.4 Å². The van der Waals surface area contributed by atoms with Crippen LogP contribution in [0, 0.1) is 0 Å². The summed E-state index contributed by atoms with van der Waals surface area (Å²) in [6.07, 6.45) is 1.74. The second-order valence-electron chi connectivity index (χ2n) is 6.49. The van der Waals surface area contributed by atoms with Gasteiger partial charge in [0.25, 0.3) is 0 Å². The molecule has 4 rings (SSSR count). The van der Waals surface area contributed by atoms with Crippen molar-refractivity contribution in [3.63, 3.8) is 0 Å². The first-order valence-electron chi connectivity index (χ1n) is 8.95. The van der Waals surface area contributed by atoms with Crippen LogP contribution in [0.2, 0.25) is 0 Å². The maximum absolute atomic E-state index is 12.6. The van der Waals surface area contributed by atoms with E-state index in [9.17, 15) is 8.42 Å². The average Bonchev–Trinajstić information content (AvgIpc) is 3.14. The zero-order valence-electron chi connectivity index (χ0n) is 15.0. The third kappa shape index (κ3) is 4.20. The van der Waals surface area contributed by atoms with Crippen LogP contribution in [0.3, 0.4) is 0 Å². The van der Waals surface area contributed by atoms with Gasteiger partial charge in [-0.3, -0.25) is 0 Å². The summed E-state index contributed by atoms with van der Waals surface area (Å²) in [5.41, 5.74) is 1.64. The Balaban J connectivity index is 1.38. The minimum absolute atomic E-state index is 0.0698. The SMILES string of the molecule is O=S(=O)(CCOc1ccccc1)N1Cc2cnc(N3CCOCC3)nc2C1. The number of ether oxygens (including phenoxy) is 2. The Morgan fingerprint density at radius 2 is 1.89 bits per heavy atom. The Kier molecular flexibility index (Phi) is 5.24. The van der Waals surface area contributed by atoms with Gasteiger partial charge in [0.05, 0.1) is 31.2 Å². The number of fused-ring (bicyclic) bond motifs is 1. The van der Waals surface area contributed by atoms with Crippen LogP contribution in [0.4, 0.5) is 5.95 Å². The van der Waals surface area contributed by atoms with Gasteiger partial charge in [-0.15, -0.1) is 0 Å². The van der Waals surface area contributed by atoms with Crippen molar-refractivity contribution in [1.29, 1.82) is 0 Å². The molecule has 1 aromatic heterocycles. The monoisotopic (exact) mass is 390 g/mol. The zero-order chi connectivity index (χ0) is 18.7. The Labute approximate surface area is 158 Å². The fraction of sp³-hybridized carbons (Fsp3) is 0.444. The van der Waals surface area contributed by atoms with Gasteiger partial charge in [-0.1, -0.05) is 18.2 Å². The van der Waals surface area contributed by atoms with Crippen LogP contribution in [0.25, 0.3) is 0 Å². The molecule has 9 heteroatoms. The molecule has 27 heavy (non-hydrogen) atoms. The molecular weight excluding hydrogens is 368 g/mol. The number of rotatable bonds is 6. The second kappa shape index (κ2) is 7.79. The van der Waals surface area contributed by atoms with E-state index in [4.69, 9.17) is 9.47 Å². The van der Waals surface area contributed by atoms with Gasteiger partial charge >= 0.3 is 0 Å². The third-order valence-electron chi connectivity index (χ3n) is 4.65. The van der Waals surface area contributed by atoms with Crippen LogP contribution in [0.1, 0.15) is 11.3 Å². The van der Waals surface area contributed by atoms with Gasteiger partial charge in [-0.2, -0.15) is 4.31 Å². The Bertz CT molecular complexity index is 885. The normalized spacial score (nSPS) is 17.7. The summed E-state index contributed by atoms with van der Waals surface area (Å²) in [5.74, 6) is 1.24. The molecule has 144 valence electrons. The van der Waals surface area contributed by atoms with Crippen molar-refractivity contribution in [2.75, 3.05) is 43.6 Å². The first-order chi connectivity index (χ1) is 13.1. The van der Waals surface area contributed by atoms with Gasteiger partial charge in [-0.25, -0.2) is 18.4 Å². The molecule has 1 saturated heterocycles. The largest absolute Gasteiger partial charge is 0.492 e. The minimum Gasteiger partial charge on any atom is -0.492 e. The van der Waals surface area contributed by atoms with Crippen molar-refractivity contribution < 1.29 is 17.9 Å². The van der Waals surface area contributed by atoms with Crippen LogP contribution in [0.5, 0.6) is 5.75 Å². The van der Waals surface area contributed by atoms with E-state index in [1.807, 2.05) is 18.2 Å². The second-order valence-corrected chi connectivity index (χ2v) is 8.58. The molecule has 0 N–H and O–H groups in total. The van der Waals surface area contributed by atoms with Gasteiger partial charge in [-0.05, 0) is 12.1 Å². The molecule has 0 aliphatic carbocycles. The van der Waals surface area contributed by atoms with Crippen molar-refractivity contribution in [3.8, 4) is 5.75 Å². The number of hydrogen-bond donors (Lipinski definition) is 0. The van der Waals surface area contributed by atoms with E-state index >= 15 is 0 Å². The summed E-state index contributed by atoms with van der Waals surface area (Å²) in [6, 6.07) is 9.21. The summed E-state index contributed by atoms with van der Waals surface area (Å²) < 4.78 is 37.6. The summed E-state index contributed by atoms with van der Waals surface area (Å²) in [4.78, 5) is 11.1. The lowest BCUT2D eigenvalue weighted by Crippen LogP contribution is -2.37. The van der Waals surface area contributed by atoms with Crippen molar-refractivity contribution in [3.05, 3.63) is 47.8 Å². The van der Waals surface area contributed by atoms with Crippen molar-refractivity contribution in [1.82, 2.24) is 14.3 Å². The van der Waals surface area contributed by atoms with E-state index in [0.29, 0.717) is 31.5 Å². The van der Waals surface area contributed by atoms with Gasteiger partial charge in [0.15, 0.2) is 0 Å². The van der Waals surface area contributed by atoms with Crippen LogP contribution >= 0.6 is 0 Å². The van der Waals surface area contributed by atoms with E-state index in [-0.39, 0.29) is 18.9 Å². The van der Waals surface area contributed by atoms with E-state index in [1.165, 1.54) is 4.31 Å². The van der Waals surface area contributed by atoms with E-state index in [2.05, 4.69) is 14.9 Å². The molecule has 0 amide bonds. The Morgan fingerprint density at radius 3 is 2.67 bits per heavy atom. The highest BCUT2D eigenvalue weighted by Gasteiger charge is 2.31. The number of benzene rings is 1. The number of aromatic nitrogens is 2. The molecule has 0 spiro atoms. The van der Waals surface area contributed by atoms with Gasteiger partial charge in [0.2, 0.25) is 16.0 Å². The summed E-state index contributed by atoms with van der Waals surface area (Å²) in [7, 11) is -3.43. The molecule has 0 atom stereocenters. The van der Waals surface area contributed by atoms with E-state index < -0.39 is 10.0 Å². The van der Waals surface area contributed by atoms with Crippen molar-refractivity contribution in [2.45, 2.75) is 13.1 Å². The van der Waals surface area contributed by atoms with Crippen molar-refractivity contribution >= 4 is 16.0 Å². The predicted octanol–water partition coefficient (Wildman–Crippen LogP) is 1.04. The highest BCUT2D eigenvalue weighted by atomic mass is 32.2. The van der Waals surface area contributed by atoms with E-state index in [0.717, 1.165) is 24.3 Å². The minimum atomic E-state index is -3.43. The standard InChI is InChI=1S/C18H22N4O4S/c23-27(24,11-10-26-16-4-2-1-3-5-16)22-13-15-12-19-18(20-17(15)14-22)21-6-8-25-9-7-21/h1-5,12H,6-11,13-14H2. The maximum Gasteiger partial charge on any atom is 0.225 e. The van der Waals surface area contributed by atoms with Crippen LogP contribution in [0.15, 0.2) is 36.5 Å². The fourth-order valence-corrected chi connectivity index (χ4v) is 4.34. The molecule has 1 aromatic carbocycles. The lowest BCUT2D eigenvalue weighted by molar-refractivity contribution is 0.122. The molecule has 2 aliphatic heterocycles. The predicted molar refractivity (Wildman–Crippen MR) is 100 cm³/mol. The van der Waals surface area contributed by atoms with Crippen LogP contribution in [-0.4, -0.2) is 61.4 Å². The van der Waals surface area contributed by atoms with Crippen molar-refractivity contribution in [2.24, 2.45) is 0 Å². The molecule has 0 bridgehead atoms. The molecule has 2 aliphatic rings. The number of sulfonamides is 1. The third-order valence-corrected chi connectivity index (χ3v) is 6.38. The average molecular weight is 390 g/mol. The highest BCUT2D eigenvalue weighted by molar-refractivity contribution is 7.89. The van der Waals surface area contributed by atoms with Crippen LogP contribution < -0.4 is 9.64 Å².